The third-order valence-electron chi connectivity index (χ3n) is 2.86. The molecule has 0 atom stereocenters. The van der Waals surface area contributed by atoms with Gasteiger partial charge in [0.15, 0.2) is 17.3 Å². The number of aromatic nitrogens is 2. The normalized spacial score (nSPS) is 10.7. The van der Waals surface area contributed by atoms with E-state index in [4.69, 9.17) is 25.7 Å². The van der Waals surface area contributed by atoms with Gasteiger partial charge in [0, 0.05) is 11.8 Å². The number of hydrogen-bond donors (Lipinski definition) is 2. The van der Waals surface area contributed by atoms with Crippen molar-refractivity contribution in [3.8, 4) is 17.2 Å². The summed E-state index contributed by atoms with van der Waals surface area (Å²) in [4.78, 5) is 11.9. The van der Waals surface area contributed by atoms with E-state index >= 15 is 0 Å². The molecule has 0 amide bonds. The van der Waals surface area contributed by atoms with Crippen LogP contribution in [0.2, 0.25) is 0 Å². The predicted molar refractivity (Wildman–Crippen MR) is 84.2 cm³/mol. The van der Waals surface area contributed by atoms with Crippen LogP contribution in [0.15, 0.2) is 23.3 Å². The maximum atomic E-state index is 5.73. The predicted octanol–water partition coefficient (Wildman–Crippen LogP) is 1.42. The van der Waals surface area contributed by atoms with Crippen molar-refractivity contribution in [3.63, 3.8) is 0 Å². The van der Waals surface area contributed by atoms with Crippen LogP contribution < -0.4 is 25.7 Å². The minimum absolute atomic E-state index is 0.101. The first-order valence-corrected chi connectivity index (χ1v) is 6.31. The summed E-state index contributed by atoms with van der Waals surface area (Å²) in [5.41, 5.74) is 12.3. The maximum Gasteiger partial charge on any atom is 0.222 e. The smallest absolute Gasteiger partial charge is 0.222 e. The molecule has 2 aromatic rings. The van der Waals surface area contributed by atoms with Crippen LogP contribution >= 0.6 is 0 Å². The Balaban J connectivity index is 2.38. The highest BCUT2D eigenvalue weighted by Crippen LogP contribution is 2.37. The summed E-state index contributed by atoms with van der Waals surface area (Å²) in [6.45, 7) is 0. The van der Waals surface area contributed by atoms with Crippen LogP contribution in [0, 0.1) is 0 Å². The molecule has 116 valence electrons. The second-order valence-corrected chi connectivity index (χ2v) is 4.22. The molecule has 1 aromatic heterocycles. The van der Waals surface area contributed by atoms with Crippen LogP contribution in [0.4, 0.5) is 17.5 Å². The third-order valence-corrected chi connectivity index (χ3v) is 2.86. The topological polar surface area (TPSA) is 118 Å². The van der Waals surface area contributed by atoms with E-state index < -0.39 is 0 Å². The zero-order valence-electron chi connectivity index (χ0n) is 12.5. The Morgan fingerprint density at radius 2 is 1.68 bits per heavy atom. The van der Waals surface area contributed by atoms with Crippen molar-refractivity contribution >= 4 is 23.7 Å². The van der Waals surface area contributed by atoms with E-state index in [1.165, 1.54) is 6.20 Å². The highest BCUT2D eigenvalue weighted by molar-refractivity contribution is 5.85. The summed E-state index contributed by atoms with van der Waals surface area (Å²) >= 11 is 0. The molecule has 8 nitrogen and oxygen atoms in total. The van der Waals surface area contributed by atoms with Crippen molar-refractivity contribution in [2.45, 2.75) is 0 Å². The first-order chi connectivity index (χ1) is 10.6. The molecule has 0 unspecified atom stereocenters. The lowest BCUT2D eigenvalue weighted by Crippen LogP contribution is -1.99. The van der Waals surface area contributed by atoms with E-state index in [2.05, 4.69) is 15.0 Å². The van der Waals surface area contributed by atoms with Gasteiger partial charge in [0.05, 0.1) is 27.5 Å². The molecule has 0 saturated heterocycles. The van der Waals surface area contributed by atoms with Gasteiger partial charge < -0.3 is 25.7 Å². The quantitative estimate of drug-likeness (QED) is 0.802. The van der Waals surface area contributed by atoms with Gasteiger partial charge in [0.2, 0.25) is 11.7 Å². The molecule has 0 aliphatic carbocycles. The Morgan fingerprint density at radius 1 is 1.05 bits per heavy atom. The lowest BCUT2D eigenvalue weighted by atomic mass is 10.2. The Hall–Kier alpha value is -3.03. The molecule has 2 rings (SSSR count). The first-order valence-electron chi connectivity index (χ1n) is 6.31. The number of nitrogen functional groups attached to an aromatic ring is 2. The van der Waals surface area contributed by atoms with E-state index in [-0.39, 0.29) is 11.8 Å². The van der Waals surface area contributed by atoms with Crippen molar-refractivity contribution in [2.24, 2.45) is 4.99 Å². The Kier molecular flexibility index (Phi) is 4.62. The van der Waals surface area contributed by atoms with E-state index in [1.807, 2.05) is 0 Å². The number of ether oxygens (including phenoxy) is 3. The lowest BCUT2D eigenvalue weighted by Gasteiger charge is -2.12. The Labute approximate surface area is 127 Å². The van der Waals surface area contributed by atoms with E-state index in [0.717, 1.165) is 5.56 Å². The fourth-order valence-corrected chi connectivity index (χ4v) is 1.82. The lowest BCUT2D eigenvalue weighted by molar-refractivity contribution is 0.324. The second-order valence-electron chi connectivity index (χ2n) is 4.22. The van der Waals surface area contributed by atoms with Crippen molar-refractivity contribution in [2.75, 3.05) is 32.8 Å². The standard InChI is InChI=1S/C14H17N5O3/c1-20-10-4-8(5-11(21-2)12(10)22-3)6-17-9-7-18-14(16)19-13(9)15/h4-7H,1-3H3,(H4,15,16,18,19). The highest BCUT2D eigenvalue weighted by Gasteiger charge is 2.12. The number of rotatable bonds is 5. The number of nitrogens with two attached hydrogens (primary N) is 2. The molecule has 4 N–H and O–H groups in total. The Morgan fingerprint density at radius 3 is 2.18 bits per heavy atom. The zero-order valence-corrected chi connectivity index (χ0v) is 12.5. The average Bonchev–Trinajstić information content (AvgIpc) is 2.52. The van der Waals surface area contributed by atoms with E-state index in [9.17, 15) is 0 Å². The minimum atomic E-state index is 0.101. The second kappa shape index (κ2) is 6.61. The molecule has 0 saturated carbocycles. The minimum Gasteiger partial charge on any atom is -0.493 e. The van der Waals surface area contributed by atoms with Gasteiger partial charge in [-0.1, -0.05) is 0 Å². The monoisotopic (exact) mass is 303 g/mol. The maximum absolute atomic E-state index is 5.73. The number of anilines is 2. The molecule has 0 radical (unpaired) electrons. The van der Waals surface area contributed by atoms with Crippen LogP contribution in [0.1, 0.15) is 5.56 Å². The third kappa shape index (κ3) is 3.17. The number of nitrogens with zero attached hydrogens (tertiary/aromatic N) is 3. The van der Waals surface area contributed by atoms with Crippen LogP contribution in [-0.4, -0.2) is 37.5 Å². The summed E-state index contributed by atoms with van der Waals surface area (Å²) in [7, 11) is 4.63. The summed E-state index contributed by atoms with van der Waals surface area (Å²) in [6, 6.07) is 3.53. The molecule has 0 bridgehead atoms. The van der Waals surface area contributed by atoms with E-state index in [1.54, 1.807) is 39.7 Å². The van der Waals surface area contributed by atoms with E-state index in [0.29, 0.717) is 22.9 Å². The summed E-state index contributed by atoms with van der Waals surface area (Å²) in [5, 5.41) is 0. The molecule has 8 heteroatoms. The highest BCUT2D eigenvalue weighted by atomic mass is 16.5. The number of hydrogen-bond acceptors (Lipinski definition) is 8. The number of benzene rings is 1. The molecule has 22 heavy (non-hydrogen) atoms. The molecule has 1 heterocycles. The van der Waals surface area contributed by atoms with Crippen molar-refractivity contribution in [3.05, 3.63) is 23.9 Å². The van der Waals surface area contributed by atoms with Gasteiger partial charge in [-0.05, 0) is 12.1 Å². The molecular weight excluding hydrogens is 286 g/mol. The molecular formula is C14H17N5O3. The fourth-order valence-electron chi connectivity index (χ4n) is 1.82. The van der Waals surface area contributed by atoms with Gasteiger partial charge >= 0.3 is 0 Å². The number of methoxy groups -OCH3 is 3. The Bertz CT molecular complexity index is 678. The first kappa shape index (κ1) is 15.4. The van der Waals surface area contributed by atoms with Gasteiger partial charge in [-0.3, -0.25) is 4.99 Å². The summed E-state index contributed by atoms with van der Waals surface area (Å²) < 4.78 is 15.8. The largest absolute Gasteiger partial charge is 0.493 e. The van der Waals surface area contributed by atoms with Crippen LogP contribution in [0.5, 0.6) is 17.2 Å². The number of aliphatic imine (C=N–C) groups is 1. The van der Waals surface area contributed by atoms with Crippen LogP contribution in [0.3, 0.4) is 0 Å². The van der Waals surface area contributed by atoms with Crippen molar-refractivity contribution in [1.29, 1.82) is 0 Å². The summed E-state index contributed by atoms with van der Waals surface area (Å²) in [6.07, 6.45) is 3.04. The molecule has 0 fully saturated rings. The van der Waals surface area contributed by atoms with Crippen LogP contribution in [-0.2, 0) is 0 Å². The van der Waals surface area contributed by atoms with Crippen molar-refractivity contribution in [1.82, 2.24) is 9.97 Å². The molecule has 0 aliphatic rings. The molecule has 0 spiro atoms. The van der Waals surface area contributed by atoms with Gasteiger partial charge in [0.1, 0.15) is 5.69 Å². The summed E-state index contributed by atoms with van der Waals surface area (Å²) in [5.74, 6) is 1.88. The average molecular weight is 303 g/mol. The van der Waals surface area contributed by atoms with Gasteiger partial charge in [-0.2, -0.15) is 4.98 Å². The van der Waals surface area contributed by atoms with Gasteiger partial charge in [-0.15, -0.1) is 0 Å². The van der Waals surface area contributed by atoms with Crippen LogP contribution in [0.25, 0.3) is 0 Å². The fraction of sp³-hybridized carbons (Fsp3) is 0.214. The molecule has 0 aliphatic heterocycles. The van der Waals surface area contributed by atoms with Gasteiger partial charge in [-0.25, -0.2) is 4.98 Å². The zero-order chi connectivity index (χ0) is 16.1. The SMILES string of the molecule is COc1cc(C=Nc2cnc(N)nc2N)cc(OC)c1OC. The molecule has 1 aromatic carbocycles. The van der Waals surface area contributed by atoms with Gasteiger partial charge in [0.25, 0.3) is 0 Å². The van der Waals surface area contributed by atoms with Crippen molar-refractivity contribution < 1.29 is 14.2 Å².